The summed E-state index contributed by atoms with van der Waals surface area (Å²) in [5, 5.41) is 11.4. The van der Waals surface area contributed by atoms with Crippen molar-refractivity contribution in [3.05, 3.63) is 99.6 Å². The summed E-state index contributed by atoms with van der Waals surface area (Å²) in [6.07, 6.45) is 3.78. The van der Waals surface area contributed by atoms with Crippen LogP contribution in [0, 0.1) is 28.9 Å². The molecule has 0 N–H and O–H groups in total. The van der Waals surface area contributed by atoms with Gasteiger partial charge in [-0.3, -0.25) is 24.5 Å². The number of carbonyl (C=O) groups excluding carboxylic acids is 3. The number of carbonyl (C=O) groups is 3. The number of hydrogen-bond acceptors (Lipinski definition) is 7. The van der Waals surface area contributed by atoms with Gasteiger partial charge in [0.25, 0.3) is 5.69 Å². The van der Waals surface area contributed by atoms with Crippen LogP contribution in [0.25, 0.3) is 6.08 Å². The number of benzene rings is 3. The van der Waals surface area contributed by atoms with E-state index in [0.717, 1.165) is 16.2 Å². The molecular weight excluding hydrogens is 486 g/mol. The molecule has 9 nitrogen and oxygen atoms in total. The first-order valence-corrected chi connectivity index (χ1v) is 12.2. The van der Waals surface area contributed by atoms with Crippen LogP contribution in [0.5, 0.6) is 5.75 Å². The number of methoxy groups -OCH3 is 1. The van der Waals surface area contributed by atoms with Crippen molar-refractivity contribution in [1.29, 1.82) is 0 Å². The second-order valence-corrected chi connectivity index (χ2v) is 9.64. The first-order valence-electron chi connectivity index (χ1n) is 12.2. The molecule has 9 heteroatoms. The maximum absolute atomic E-state index is 14.1. The summed E-state index contributed by atoms with van der Waals surface area (Å²) < 4.78 is 5.22. The van der Waals surface area contributed by atoms with E-state index in [0.29, 0.717) is 16.9 Å². The average Bonchev–Trinajstić information content (AvgIpc) is 3.41. The Labute approximate surface area is 218 Å². The van der Waals surface area contributed by atoms with Crippen molar-refractivity contribution < 1.29 is 24.0 Å². The average molecular weight is 510 g/mol. The number of nitro groups is 1. The standard InChI is InChI=1S/C29H23N3O6/c1-16-7-11-19(32(36)37)15-23(16)31-28(34)24-22-14-10-17-5-3-4-6-21(17)30(22)26(25(24)29(31)35)27(33)18-8-12-20(38-2)13-9-18/h3-15,22,24-26H,1-2H3. The van der Waals surface area contributed by atoms with E-state index in [9.17, 15) is 24.5 Å². The Morgan fingerprint density at radius 3 is 2.37 bits per heavy atom. The summed E-state index contributed by atoms with van der Waals surface area (Å²) in [6.45, 7) is 1.69. The first kappa shape index (κ1) is 23.6. The number of aryl methyl sites for hydroxylation is 1. The summed E-state index contributed by atoms with van der Waals surface area (Å²) in [5.41, 5.74) is 2.57. The largest absolute Gasteiger partial charge is 0.497 e. The number of non-ortho nitro benzene ring substituents is 1. The molecule has 3 aromatic rings. The molecule has 3 heterocycles. The van der Waals surface area contributed by atoms with Crippen molar-refractivity contribution in [2.24, 2.45) is 11.8 Å². The molecule has 2 amide bonds. The molecule has 0 aliphatic carbocycles. The number of hydrogen-bond donors (Lipinski definition) is 0. The van der Waals surface area contributed by atoms with Crippen LogP contribution in [0.4, 0.5) is 17.1 Å². The van der Waals surface area contributed by atoms with Crippen LogP contribution in [-0.2, 0) is 9.59 Å². The molecular formula is C29H23N3O6. The van der Waals surface area contributed by atoms with Crippen LogP contribution in [0.15, 0.2) is 72.8 Å². The minimum Gasteiger partial charge on any atom is -0.497 e. The van der Waals surface area contributed by atoms with Gasteiger partial charge in [-0.2, -0.15) is 0 Å². The van der Waals surface area contributed by atoms with E-state index in [-0.39, 0.29) is 17.2 Å². The van der Waals surface area contributed by atoms with Gasteiger partial charge in [-0.05, 0) is 48.4 Å². The lowest BCUT2D eigenvalue weighted by Gasteiger charge is -2.36. The van der Waals surface area contributed by atoms with Crippen LogP contribution >= 0.6 is 0 Å². The van der Waals surface area contributed by atoms with Crippen molar-refractivity contribution in [1.82, 2.24) is 0 Å². The number of nitrogens with zero attached hydrogens (tertiary/aromatic N) is 3. The highest BCUT2D eigenvalue weighted by molar-refractivity contribution is 6.26. The van der Waals surface area contributed by atoms with E-state index < -0.39 is 40.7 Å². The van der Waals surface area contributed by atoms with Crippen molar-refractivity contribution in [2.75, 3.05) is 16.9 Å². The van der Waals surface area contributed by atoms with Gasteiger partial charge in [-0.25, -0.2) is 4.90 Å². The van der Waals surface area contributed by atoms with Crippen LogP contribution in [-0.4, -0.2) is 41.7 Å². The minimum atomic E-state index is -0.962. The number of amides is 2. The Bertz CT molecular complexity index is 1550. The molecule has 0 bridgehead atoms. The number of fused-ring (bicyclic) bond motifs is 5. The van der Waals surface area contributed by atoms with Gasteiger partial charge in [0.05, 0.1) is 35.6 Å². The van der Waals surface area contributed by atoms with Crippen molar-refractivity contribution >= 4 is 40.7 Å². The second kappa shape index (κ2) is 8.65. The minimum absolute atomic E-state index is 0.172. The van der Waals surface area contributed by atoms with E-state index in [1.54, 1.807) is 31.2 Å². The highest BCUT2D eigenvalue weighted by Gasteiger charge is 2.64. The number of Topliss-reactive ketones (excluding diaryl/α,β-unsaturated/α-hetero) is 1. The van der Waals surface area contributed by atoms with Gasteiger partial charge in [0.2, 0.25) is 11.8 Å². The Hall–Kier alpha value is -4.79. The van der Waals surface area contributed by atoms with E-state index in [2.05, 4.69) is 0 Å². The fraction of sp³-hybridized carbons (Fsp3) is 0.207. The highest BCUT2D eigenvalue weighted by atomic mass is 16.6. The van der Waals surface area contributed by atoms with Gasteiger partial charge in [0.1, 0.15) is 11.8 Å². The topological polar surface area (TPSA) is 110 Å². The van der Waals surface area contributed by atoms with Gasteiger partial charge < -0.3 is 9.64 Å². The molecule has 0 spiro atoms. The first-order chi connectivity index (χ1) is 18.3. The molecule has 0 radical (unpaired) electrons. The number of ketones is 1. The normalized spacial score (nSPS) is 23.2. The zero-order valence-electron chi connectivity index (χ0n) is 20.6. The highest BCUT2D eigenvalue weighted by Crippen LogP contribution is 2.50. The molecule has 38 heavy (non-hydrogen) atoms. The third-order valence-electron chi connectivity index (χ3n) is 7.70. The lowest BCUT2D eigenvalue weighted by molar-refractivity contribution is -0.384. The monoisotopic (exact) mass is 509 g/mol. The third kappa shape index (κ3) is 3.35. The maximum Gasteiger partial charge on any atom is 0.271 e. The molecule has 2 fully saturated rings. The van der Waals surface area contributed by atoms with Crippen molar-refractivity contribution in [2.45, 2.75) is 19.0 Å². The molecule has 0 saturated carbocycles. The van der Waals surface area contributed by atoms with E-state index in [1.807, 2.05) is 41.3 Å². The Morgan fingerprint density at radius 2 is 1.66 bits per heavy atom. The number of nitro benzene ring substituents is 1. The second-order valence-electron chi connectivity index (χ2n) is 9.64. The quantitative estimate of drug-likeness (QED) is 0.220. The van der Waals surface area contributed by atoms with Crippen molar-refractivity contribution in [3.63, 3.8) is 0 Å². The summed E-state index contributed by atoms with van der Waals surface area (Å²) in [7, 11) is 1.54. The molecule has 3 aliphatic heterocycles. The molecule has 3 aromatic carbocycles. The molecule has 3 aliphatic rings. The molecule has 4 unspecified atom stereocenters. The third-order valence-corrected chi connectivity index (χ3v) is 7.70. The van der Waals surface area contributed by atoms with Crippen molar-refractivity contribution in [3.8, 4) is 5.75 Å². The lowest BCUT2D eigenvalue weighted by Crippen LogP contribution is -2.49. The Kier molecular flexibility index (Phi) is 5.37. The SMILES string of the molecule is COc1ccc(C(=O)C2C3C(=O)N(c4cc([N+](=O)[O-])ccc4C)C(=O)C3C3C=Cc4ccccc4N32)cc1. The fourth-order valence-electron chi connectivity index (χ4n) is 5.93. The number of para-hydroxylation sites is 1. The summed E-state index contributed by atoms with van der Waals surface area (Å²) in [4.78, 5) is 55.9. The number of imide groups is 1. The lowest BCUT2D eigenvalue weighted by atomic mass is 9.86. The van der Waals surface area contributed by atoms with E-state index >= 15 is 0 Å². The maximum atomic E-state index is 14.1. The van der Waals surface area contributed by atoms with Crippen LogP contribution in [0.3, 0.4) is 0 Å². The van der Waals surface area contributed by atoms with Gasteiger partial charge in [0.15, 0.2) is 5.78 Å². The number of ether oxygens (including phenoxy) is 1. The van der Waals surface area contributed by atoms with Gasteiger partial charge >= 0.3 is 0 Å². The molecule has 2 saturated heterocycles. The smallest absolute Gasteiger partial charge is 0.271 e. The van der Waals surface area contributed by atoms with Crippen LogP contribution < -0.4 is 14.5 Å². The Morgan fingerprint density at radius 1 is 0.947 bits per heavy atom. The van der Waals surface area contributed by atoms with Gasteiger partial charge in [-0.15, -0.1) is 0 Å². The molecule has 0 aromatic heterocycles. The Balaban J connectivity index is 1.49. The zero-order chi connectivity index (χ0) is 26.7. The van der Waals surface area contributed by atoms with Crippen LogP contribution in [0.1, 0.15) is 21.5 Å². The van der Waals surface area contributed by atoms with Gasteiger partial charge in [0, 0.05) is 23.4 Å². The summed E-state index contributed by atoms with van der Waals surface area (Å²) in [6, 6.07) is 16.9. The predicted octanol–water partition coefficient (Wildman–Crippen LogP) is 4.18. The molecule has 4 atom stereocenters. The van der Waals surface area contributed by atoms with E-state index in [1.165, 1.54) is 25.3 Å². The molecule has 190 valence electrons. The summed E-state index contributed by atoms with van der Waals surface area (Å²) >= 11 is 0. The van der Waals surface area contributed by atoms with Crippen LogP contribution in [0.2, 0.25) is 0 Å². The van der Waals surface area contributed by atoms with Gasteiger partial charge in [-0.1, -0.05) is 36.4 Å². The number of anilines is 2. The van der Waals surface area contributed by atoms with E-state index in [4.69, 9.17) is 4.74 Å². The number of rotatable bonds is 5. The predicted molar refractivity (Wildman–Crippen MR) is 140 cm³/mol. The fourth-order valence-corrected chi connectivity index (χ4v) is 5.93. The zero-order valence-corrected chi connectivity index (χ0v) is 20.6. The summed E-state index contributed by atoms with van der Waals surface area (Å²) in [5.74, 6) is -2.47. The molecule has 6 rings (SSSR count).